The van der Waals surface area contributed by atoms with Crippen LogP contribution in [-0.2, 0) is 0 Å². The molecule has 1 N–H and O–H groups in total. The largest absolute Gasteiger partial charge is 0.493 e. The molecule has 0 atom stereocenters. The van der Waals surface area contributed by atoms with Crippen LogP contribution in [0.2, 0.25) is 10.0 Å². The Morgan fingerprint density at radius 2 is 1.90 bits per heavy atom. The molecule has 0 spiro atoms. The van der Waals surface area contributed by atoms with E-state index in [9.17, 15) is 0 Å². The molecule has 0 amide bonds. The lowest BCUT2D eigenvalue weighted by molar-refractivity contribution is 0.318. The van der Waals surface area contributed by atoms with E-state index in [1.54, 1.807) is 12.1 Å². The molecule has 5 heteroatoms. The van der Waals surface area contributed by atoms with Crippen molar-refractivity contribution in [1.29, 1.82) is 0 Å². The lowest BCUT2D eigenvalue weighted by atomic mass is 10.2. The van der Waals surface area contributed by atoms with Crippen molar-refractivity contribution < 1.29 is 4.74 Å². The fourth-order valence-electron chi connectivity index (χ4n) is 2.13. The third kappa shape index (κ3) is 2.85. The molecule has 2 aromatic carbocycles. The predicted molar refractivity (Wildman–Crippen MR) is 87.3 cm³/mol. The number of halogens is 2. The first-order valence-corrected chi connectivity index (χ1v) is 7.51. The molecule has 1 heterocycles. The molecule has 108 valence electrons. The highest BCUT2D eigenvalue weighted by Crippen LogP contribution is 2.32. The van der Waals surface area contributed by atoms with Crippen molar-refractivity contribution in [2.24, 2.45) is 0 Å². The standard InChI is InChI=1S/C16H14Cl2N2O/c1-2-7-21-15-6-4-3-5-10(15)16-19-13-8-11(17)12(18)9-14(13)20-16/h3-6,8-9H,2,7H2,1H3,(H,19,20). The topological polar surface area (TPSA) is 37.9 Å². The van der Waals surface area contributed by atoms with Crippen molar-refractivity contribution in [2.75, 3.05) is 6.61 Å². The molecule has 0 aliphatic carbocycles. The summed E-state index contributed by atoms with van der Waals surface area (Å²) in [5, 5.41) is 1.01. The summed E-state index contributed by atoms with van der Waals surface area (Å²) in [4.78, 5) is 7.84. The van der Waals surface area contributed by atoms with Gasteiger partial charge in [0, 0.05) is 0 Å². The fourth-order valence-corrected chi connectivity index (χ4v) is 2.45. The van der Waals surface area contributed by atoms with Gasteiger partial charge < -0.3 is 9.72 Å². The number of H-pyrrole nitrogens is 1. The number of fused-ring (bicyclic) bond motifs is 1. The molecule has 0 bridgehead atoms. The maximum Gasteiger partial charge on any atom is 0.142 e. The maximum absolute atomic E-state index is 6.04. The Kier molecular flexibility index (Phi) is 4.04. The lowest BCUT2D eigenvalue weighted by Gasteiger charge is -2.08. The molecule has 3 rings (SSSR count). The normalized spacial score (nSPS) is 11.0. The van der Waals surface area contributed by atoms with Gasteiger partial charge in [0.15, 0.2) is 0 Å². The van der Waals surface area contributed by atoms with E-state index in [1.165, 1.54) is 0 Å². The Labute approximate surface area is 132 Å². The van der Waals surface area contributed by atoms with Crippen LogP contribution in [-0.4, -0.2) is 16.6 Å². The first-order valence-electron chi connectivity index (χ1n) is 6.76. The van der Waals surface area contributed by atoms with Crippen LogP contribution in [0.3, 0.4) is 0 Å². The van der Waals surface area contributed by atoms with E-state index in [1.807, 2.05) is 24.3 Å². The number of aromatic nitrogens is 2. The molecule has 0 aliphatic heterocycles. The Hall–Kier alpha value is -1.71. The smallest absolute Gasteiger partial charge is 0.142 e. The van der Waals surface area contributed by atoms with Gasteiger partial charge >= 0.3 is 0 Å². The second-order valence-corrected chi connectivity index (χ2v) is 5.53. The highest BCUT2D eigenvalue weighted by Gasteiger charge is 2.12. The first-order chi connectivity index (χ1) is 10.2. The third-order valence-electron chi connectivity index (χ3n) is 3.13. The van der Waals surface area contributed by atoms with Crippen LogP contribution < -0.4 is 4.74 Å². The average Bonchev–Trinajstić information content (AvgIpc) is 2.88. The minimum Gasteiger partial charge on any atom is -0.493 e. The van der Waals surface area contributed by atoms with Gasteiger partial charge in [0.25, 0.3) is 0 Å². The summed E-state index contributed by atoms with van der Waals surface area (Å²) in [6.07, 6.45) is 0.958. The summed E-state index contributed by atoms with van der Waals surface area (Å²) < 4.78 is 5.77. The summed E-state index contributed by atoms with van der Waals surface area (Å²) in [6, 6.07) is 11.4. The van der Waals surface area contributed by atoms with E-state index in [-0.39, 0.29) is 0 Å². The average molecular weight is 321 g/mol. The minimum absolute atomic E-state index is 0.498. The van der Waals surface area contributed by atoms with E-state index in [0.717, 1.165) is 34.6 Å². The van der Waals surface area contributed by atoms with Gasteiger partial charge in [0.05, 0.1) is 33.2 Å². The van der Waals surface area contributed by atoms with E-state index in [4.69, 9.17) is 27.9 Å². The number of para-hydroxylation sites is 1. The molecule has 3 nitrogen and oxygen atoms in total. The van der Waals surface area contributed by atoms with Crippen LogP contribution in [0.15, 0.2) is 36.4 Å². The van der Waals surface area contributed by atoms with E-state index < -0.39 is 0 Å². The van der Waals surface area contributed by atoms with Gasteiger partial charge in [0.2, 0.25) is 0 Å². The monoisotopic (exact) mass is 320 g/mol. The van der Waals surface area contributed by atoms with Gasteiger partial charge in [-0.25, -0.2) is 4.98 Å². The Morgan fingerprint density at radius 1 is 1.14 bits per heavy atom. The van der Waals surface area contributed by atoms with E-state index in [2.05, 4.69) is 16.9 Å². The number of nitrogens with zero attached hydrogens (tertiary/aromatic N) is 1. The van der Waals surface area contributed by atoms with Gasteiger partial charge in [-0.05, 0) is 30.7 Å². The van der Waals surface area contributed by atoms with Crippen LogP contribution in [0.25, 0.3) is 22.4 Å². The molecule has 0 radical (unpaired) electrons. The van der Waals surface area contributed by atoms with Gasteiger partial charge in [-0.15, -0.1) is 0 Å². The van der Waals surface area contributed by atoms with Gasteiger partial charge in [-0.1, -0.05) is 42.3 Å². The SMILES string of the molecule is CCCOc1ccccc1-c1nc2cc(Cl)c(Cl)cc2[nH]1. The Bertz CT molecular complexity index is 744. The summed E-state index contributed by atoms with van der Waals surface area (Å²) >= 11 is 12.1. The molecule has 0 unspecified atom stereocenters. The number of nitrogens with one attached hydrogen (secondary N) is 1. The van der Waals surface area contributed by atoms with E-state index >= 15 is 0 Å². The summed E-state index contributed by atoms with van der Waals surface area (Å²) in [5.74, 6) is 1.56. The van der Waals surface area contributed by atoms with Crippen molar-refractivity contribution in [1.82, 2.24) is 9.97 Å². The van der Waals surface area contributed by atoms with Crippen LogP contribution in [0.5, 0.6) is 5.75 Å². The first kappa shape index (κ1) is 14.2. The van der Waals surface area contributed by atoms with Crippen LogP contribution in [0, 0.1) is 0 Å². The summed E-state index contributed by atoms with van der Waals surface area (Å²) in [7, 11) is 0. The molecular weight excluding hydrogens is 307 g/mol. The lowest BCUT2D eigenvalue weighted by Crippen LogP contribution is -1.97. The Balaban J connectivity index is 2.08. The second-order valence-electron chi connectivity index (χ2n) is 4.71. The second kappa shape index (κ2) is 5.96. The zero-order valence-corrected chi connectivity index (χ0v) is 13.0. The van der Waals surface area contributed by atoms with Crippen molar-refractivity contribution in [3.63, 3.8) is 0 Å². The van der Waals surface area contributed by atoms with Crippen molar-refractivity contribution in [3.8, 4) is 17.1 Å². The molecular formula is C16H14Cl2N2O. The number of ether oxygens (including phenoxy) is 1. The van der Waals surface area contributed by atoms with Crippen LogP contribution in [0.4, 0.5) is 0 Å². The zero-order valence-electron chi connectivity index (χ0n) is 11.5. The van der Waals surface area contributed by atoms with Crippen LogP contribution >= 0.6 is 23.2 Å². The highest BCUT2D eigenvalue weighted by molar-refractivity contribution is 6.42. The summed E-state index contributed by atoms with van der Waals surface area (Å²) in [5.41, 5.74) is 2.56. The molecule has 1 aromatic heterocycles. The number of imidazole rings is 1. The quantitative estimate of drug-likeness (QED) is 0.705. The number of hydrogen-bond donors (Lipinski definition) is 1. The van der Waals surface area contributed by atoms with E-state index in [0.29, 0.717) is 16.7 Å². The van der Waals surface area contributed by atoms with Gasteiger partial charge in [-0.2, -0.15) is 0 Å². The molecule has 0 fully saturated rings. The maximum atomic E-state index is 6.04. The van der Waals surface area contributed by atoms with Gasteiger partial charge in [-0.3, -0.25) is 0 Å². The fraction of sp³-hybridized carbons (Fsp3) is 0.188. The third-order valence-corrected chi connectivity index (χ3v) is 3.85. The van der Waals surface area contributed by atoms with Crippen LogP contribution in [0.1, 0.15) is 13.3 Å². The summed E-state index contributed by atoms with van der Waals surface area (Å²) in [6.45, 7) is 2.75. The zero-order chi connectivity index (χ0) is 14.8. The molecule has 0 saturated carbocycles. The number of benzene rings is 2. The number of hydrogen-bond acceptors (Lipinski definition) is 2. The minimum atomic E-state index is 0.498. The van der Waals surface area contributed by atoms with Crippen molar-refractivity contribution in [2.45, 2.75) is 13.3 Å². The molecule has 0 aliphatic rings. The molecule has 0 saturated heterocycles. The Morgan fingerprint density at radius 3 is 2.71 bits per heavy atom. The highest BCUT2D eigenvalue weighted by atomic mass is 35.5. The van der Waals surface area contributed by atoms with Crippen molar-refractivity contribution >= 4 is 34.2 Å². The number of aromatic amines is 1. The van der Waals surface area contributed by atoms with Gasteiger partial charge in [0.1, 0.15) is 11.6 Å². The predicted octanol–water partition coefficient (Wildman–Crippen LogP) is 5.33. The number of rotatable bonds is 4. The molecule has 3 aromatic rings. The van der Waals surface area contributed by atoms with Crippen molar-refractivity contribution in [3.05, 3.63) is 46.4 Å². The molecule has 21 heavy (non-hydrogen) atoms.